The van der Waals surface area contributed by atoms with Crippen LogP contribution in [0.4, 0.5) is 5.69 Å². The smallest absolute Gasteiger partial charge is 0.146 e. The standard InChI is InChI=1S/C15H14Cl2N2O2/c1-20-11-3-5-12(6-4-11)21-14-7-2-10(8-13(14)17)19-15(18)9-16/h2-8H,9H2,1H3,(H2,18,19). The molecule has 0 amide bonds. The maximum atomic E-state index is 6.17. The monoisotopic (exact) mass is 324 g/mol. The molecule has 110 valence electrons. The van der Waals surface area contributed by atoms with E-state index in [4.69, 9.17) is 38.4 Å². The Bertz CT molecular complexity index is 643. The van der Waals surface area contributed by atoms with Crippen LogP contribution in [0.1, 0.15) is 0 Å². The molecule has 0 aliphatic rings. The Kier molecular flexibility index (Phi) is 5.31. The second-order valence-corrected chi connectivity index (χ2v) is 4.80. The molecule has 0 bridgehead atoms. The number of hydrogen-bond donors (Lipinski definition) is 1. The fourth-order valence-electron chi connectivity index (χ4n) is 1.61. The van der Waals surface area contributed by atoms with Crippen LogP contribution >= 0.6 is 23.2 Å². The van der Waals surface area contributed by atoms with Crippen molar-refractivity contribution in [1.29, 1.82) is 0 Å². The molecule has 0 unspecified atom stereocenters. The molecule has 0 radical (unpaired) electrons. The number of rotatable bonds is 5. The highest BCUT2D eigenvalue weighted by Crippen LogP contribution is 2.33. The first-order valence-electron chi connectivity index (χ1n) is 6.13. The molecule has 2 aromatic rings. The molecule has 4 nitrogen and oxygen atoms in total. The van der Waals surface area contributed by atoms with Crippen molar-refractivity contribution in [3.63, 3.8) is 0 Å². The van der Waals surface area contributed by atoms with E-state index in [-0.39, 0.29) is 5.88 Å². The Labute approximate surface area is 133 Å². The molecule has 2 aromatic carbocycles. The second kappa shape index (κ2) is 7.20. The number of alkyl halides is 1. The third-order valence-corrected chi connectivity index (χ3v) is 3.18. The van der Waals surface area contributed by atoms with Gasteiger partial charge in [-0.2, -0.15) is 0 Å². The summed E-state index contributed by atoms with van der Waals surface area (Å²) in [6.07, 6.45) is 0. The molecule has 0 spiro atoms. The normalized spacial score (nSPS) is 11.3. The predicted molar refractivity (Wildman–Crippen MR) is 86.5 cm³/mol. The zero-order valence-electron chi connectivity index (χ0n) is 11.3. The average Bonchev–Trinajstić information content (AvgIpc) is 2.50. The summed E-state index contributed by atoms with van der Waals surface area (Å²) in [5.41, 5.74) is 6.20. The molecule has 0 fully saturated rings. The first-order chi connectivity index (χ1) is 10.1. The second-order valence-electron chi connectivity index (χ2n) is 4.13. The number of hydrogen-bond acceptors (Lipinski definition) is 3. The van der Waals surface area contributed by atoms with Crippen molar-refractivity contribution < 1.29 is 9.47 Å². The fraction of sp³-hybridized carbons (Fsp3) is 0.133. The van der Waals surface area contributed by atoms with Crippen LogP contribution < -0.4 is 15.2 Å². The van der Waals surface area contributed by atoms with Gasteiger partial charge in [0.2, 0.25) is 0 Å². The van der Waals surface area contributed by atoms with Gasteiger partial charge in [0.05, 0.1) is 23.7 Å². The summed E-state index contributed by atoms with van der Waals surface area (Å²) < 4.78 is 10.8. The van der Waals surface area contributed by atoms with Gasteiger partial charge in [-0.15, -0.1) is 11.6 Å². The molecule has 2 rings (SSSR count). The summed E-state index contributed by atoms with van der Waals surface area (Å²) in [4.78, 5) is 4.12. The summed E-state index contributed by atoms with van der Waals surface area (Å²) in [7, 11) is 1.61. The molecular weight excluding hydrogens is 311 g/mol. The minimum atomic E-state index is 0.168. The van der Waals surface area contributed by atoms with Gasteiger partial charge < -0.3 is 15.2 Å². The molecule has 2 N–H and O–H groups in total. The number of benzene rings is 2. The molecule has 0 saturated carbocycles. The Morgan fingerprint density at radius 2 is 1.81 bits per heavy atom. The van der Waals surface area contributed by atoms with Crippen molar-refractivity contribution in [1.82, 2.24) is 0 Å². The van der Waals surface area contributed by atoms with E-state index in [9.17, 15) is 0 Å². The van der Waals surface area contributed by atoms with Crippen molar-refractivity contribution in [2.75, 3.05) is 13.0 Å². The van der Waals surface area contributed by atoms with E-state index >= 15 is 0 Å². The van der Waals surface area contributed by atoms with E-state index in [0.29, 0.717) is 28.0 Å². The molecule has 0 saturated heterocycles. The van der Waals surface area contributed by atoms with Gasteiger partial charge in [-0.05, 0) is 42.5 Å². The van der Waals surface area contributed by atoms with Gasteiger partial charge in [-0.1, -0.05) is 11.6 Å². The van der Waals surface area contributed by atoms with Gasteiger partial charge in [-0.3, -0.25) is 0 Å². The number of aliphatic imine (C=N–C) groups is 1. The van der Waals surface area contributed by atoms with E-state index < -0.39 is 0 Å². The van der Waals surface area contributed by atoms with Gasteiger partial charge in [0.15, 0.2) is 0 Å². The third kappa shape index (κ3) is 4.28. The summed E-state index contributed by atoms with van der Waals surface area (Å²) in [5, 5.41) is 0.439. The summed E-state index contributed by atoms with van der Waals surface area (Å²) in [6, 6.07) is 12.4. The zero-order valence-corrected chi connectivity index (χ0v) is 12.9. The maximum Gasteiger partial charge on any atom is 0.146 e. The summed E-state index contributed by atoms with van der Waals surface area (Å²) >= 11 is 11.8. The highest BCUT2D eigenvalue weighted by molar-refractivity contribution is 6.32. The first-order valence-corrected chi connectivity index (χ1v) is 7.04. The van der Waals surface area contributed by atoms with Crippen LogP contribution in [0.15, 0.2) is 47.5 Å². The van der Waals surface area contributed by atoms with Crippen LogP contribution in [-0.2, 0) is 0 Å². The highest BCUT2D eigenvalue weighted by Gasteiger charge is 2.05. The van der Waals surface area contributed by atoms with Crippen LogP contribution in [0.2, 0.25) is 5.02 Å². The SMILES string of the molecule is COc1ccc(Oc2ccc(N=C(N)CCl)cc2Cl)cc1. The molecule has 6 heteroatoms. The zero-order chi connectivity index (χ0) is 15.2. The van der Waals surface area contributed by atoms with E-state index in [2.05, 4.69) is 4.99 Å². The van der Waals surface area contributed by atoms with Crippen LogP contribution in [-0.4, -0.2) is 18.8 Å². The molecular formula is C15H14Cl2N2O2. The Hall–Kier alpha value is -1.91. The lowest BCUT2D eigenvalue weighted by Gasteiger charge is -2.09. The topological polar surface area (TPSA) is 56.8 Å². The maximum absolute atomic E-state index is 6.17. The number of nitrogens with two attached hydrogens (primary N) is 1. The van der Waals surface area contributed by atoms with Crippen LogP contribution in [0.5, 0.6) is 17.2 Å². The Morgan fingerprint density at radius 3 is 2.38 bits per heavy atom. The van der Waals surface area contributed by atoms with Crippen molar-refractivity contribution in [3.05, 3.63) is 47.5 Å². The number of ether oxygens (including phenoxy) is 2. The summed E-state index contributed by atoms with van der Waals surface area (Å²) in [5.74, 6) is 2.45. The lowest BCUT2D eigenvalue weighted by atomic mass is 10.3. The third-order valence-electron chi connectivity index (χ3n) is 2.61. The van der Waals surface area contributed by atoms with E-state index in [1.54, 1.807) is 37.4 Å². The summed E-state index contributed by atoms with van der Waals surface area (Å²) in [6.45, 7) is 0. The fourth-order valence-corrected chi connectivity index (χ4v) is 1.88. The van der Waals surface area contributed by atoms with Crippen molar-refractivity contribution >= 4 is 34.7 Å². The first kappa shape index (κ1) is 15.5. The van der Waals surface area contributed by atoms with E-state index in [1.165, 1.54) is 0 Å². The quantitative estimate of drug-likeness (QED) is 0.504. The number of halogens is 2. The average molecular weight is 325 g/mol. The lowest BCUT2D eigenvalue weighted by Crippen LogP contribution is -2.12. The van der Waals surface area contributed by atoms with Crippen LogP contribution in [0, 0.1) is 0 Å². The van der Waals surface area contributed by atoms with Gasteiger partial charge in [0, 0.05) is 0 Å². The van der Waals surface area contributed by atoms with Crippen LogP contribution in [0.3, 0.4) is 0 Å². The van der Waals surface area contributed by atoms with Gasteiger partial charge >= 0.3 is 0 Å². The lowest BCUT2D eigenvalue weighted by molar-refractivity contribution is 0.413. The Morgan fingerprint density at radius 1 is 1.14 bits per heavy atom. The molecule has 0 aliphatic heterocycles. The molecule has 0 heterocycles. The molecule has 0 atom stereocenters. The van der Waals surface area contributed by atoms with Crippen LogP contribution in [0.25, 0.3) is 0 Å². The van der Waals surface area contributed by atoms with Gasteiger partial charge in [0.1, 0.15) is 23.1 Å². The van der Waals surface area contributed by atoms with Gasteiger partial charge in [0.25, 0.3) is 0 Å². The Balaban J connectivity index is 2.17. The largest absolute Gasteiger partial charge is 0.497 e. The minimum absolute atomic E-state index is 0.168. The van der Waals surface area contributed by atoms with Crippen molar-refractivity contribution in [2.45, 2.75) is 0 Å². The van der Waals surface area contributed by atoms with E-state index in [0.717, 1.165) is 5.75 Å². The van der Waals surface area contributed by atoms with Gasteiger partial charge in [-0.25, -0.2) is 4.99 Å². The number of amidine groups is 1. The molecule has 0 aliphatic carbocycles. The van der Waals surface area contributed by atoms with Crippen molar-refractivity contribution in [2.24, 2.45) is 10.7 Å². The highest BCUT2D eigenvalue weighted by atomic mass is 35.5. The predicted octanol–water partition coefficient (Wildman–Crippen LogP) is 4.37. The molecule has 0 aromatic heterocycles. The number of methoxy groups -OCH3 is 1. The molecule has 21 heavy (non-hydrogen) atoms. The van der Waals surface area contributed by atoms with E-state index in [1.807, 2.05) is 12.1 Å². The number of nitrogens with zero attached hydrogens (tertiary/aromatic N) is 1. The van der Waals surface area contributed by atoms with Crippen molar-refractivity contribution in [3.8, 4) is 17.2 Å². The minimum Gasteiger partial charge on any atom is -0.497 e.